The molecular formula is C14H20O4. The SMILES string of the molecule is CC1(C)C(=O)C=C[C@@H]1O.CC1(C)C(=O)C=C[C@H]1O. The van der Waals surface area contributed by atoms with Gasteiger partial charge in [-0.1, -0.05) is 12.2 Å². The Labute approximate surface area is 107 Å². The molecule has 2 N–H and O–H groups in total. The lowest BCUT2D eigenvalue weighted by Gasteiger charge is -2.19. The first-order valence-electron chi connectivity index (χ1n) is 5.91. The van der Waals surface area contributed by atoms with Gasteiger partial charge in [-0.3, -0.25) is 9.59 Å². The molecule has 18 heavy (non-hydrogen) atoms. The summed E-state index contributed by atoms with van der Waals surface area (Å²) < 4.78 is 0. The van der Waals surface area contributed by atoms with Gasteiger partial charge in [0.2, 0.25) is 0 Å². The molecule has 2 aliphatic rings. The molecule has 0 saturated heterocycles. The lowest BCUT2D eigenvalue weighted by atomic mass is 9.87. The molecule has 0 aromatic rings. The molecule has 0 aromatic heterocycles. The van der Waals surface area contributed by atoms with Crippen molar-refractivity contribution in [2.24, 2.45) is 10.8 Å². The van der Waals surface area contributed by atoms with Crippen LogP contribution in [0.25, 0.3) is 0 Å². The Morgan fingerprint density at radius 3 is 1.17 bits per heavy atom. The zero-order valence-electron chi connectivity index (χ0n) is 11.2. The lowest BCUT2D eigenvalue weighted by Crippen LogP contribution is -2.29. The quantitative estimate of drug-likeness (QED) is 0.675. The first-order valence-corrected chi connectivity index (χ1v) is 5.91. The zero-order chi connectivity index (χ0) is 14.1. The van der Waals surface area contributed by atoms with Crippen LogP contribution in [0.2, 0.25) is 0 Å². The third kappa shape index (κ3) is 2.60. The first-order chi connectivity index (χ1) is 8.10. The van der Waals surface area contributed by atoms with Crippen LogP contribution in [0, 0.1) is 10.8 Å². The highest BCUT2D eigenvalue weighted by molar-refractivity contribution is 5.98. The standard InChI is InChI=1S/2C7H10O2/c2*1-7(2)5(8)3-4-6(7)9/h2*3-5,8H,1-2H3/t2*5-/m10/s1. The average molecular weight is 252 g/mol. The number of hydrogen-bond donors (Lipinski definition) is 2. The van der Waals surface area contributed by atoms with Crippen molar-refractivity contribution in [3.05, 3.63) is 24.3 Å². The van der Waals surface area contributed by atoms with Crippen LogP contribution in [0.4, 0.5) is 0 Å². The Morgan fingerprint density at radius 1 is 0.833 bits per heavy atom. The normalized spacial score (nSPS) is 31.4. The second kappa shape index (κ2) is 4.78. The van der Waals surface area contributed by atoms with Crippen LogP contribution >= 0.6 is 0 Å². The summed E-state index contributed by atoms with van der Waals surface area (Å²) in [5.74, 6) is 0.0185. The van der Waals surface area contributed by atoms with Gasteiger partial charge in [0.05, 0.1) is 23.0 Å². The summed E-state index contributed by atoms with van der Waals surface area (Å²) in [6, 6.07) is 0. The fraction of sp³-hybridized carbons (Fsp3) is 0.571. The van der Waals surface area contributed by atoms with Gasteiger partial charge in [0, 0.05) is 0 Å². The van der Waals surface area contributed by atoms with Gasteiger partial charge in [-0.25, -0.2) is 0 Å². The van der Waals surface area contributed by atoms with Gasteiger partial charge in [-0.15, -0.1) is 0 Å². The zero-order valence-corrected chi connectivity index (χ0v) is 11.2. The topological polar surface area (TPSA) is 74.6 Å². The summed E-state index contributed by atoms with van der Waals surface area (Å²) in [6.45, 7) is 6.94. The second-order valence-electron chi connectivity index (χ2n) is 5.78. The molecule has 2 aliphatic carbocycles. The van der Waals surface area contributed by atoms with Crippen molar-refractivity contribution < 1.29 is 19.8 Å². The minimum atomic E-state index is -0.593. The van der Waals surface area contributed by atoms with Crippen LogP contribution in [0.5, 0.6) is 0 Å². The summed E-state index contributed by atoms with van der Waals surface area (Å²) in [4.78, 5) is 21.7. The van der Waals surface area contributed by atoms with Crippen molar-refractivity contribution in [2.75, 3.05) is 0 Å². The molecule has 4 nitrogen and oxygen atoms in total. The number of carbonyl (C=O) groups is 2. The number of aliphatic hydroxyl groups excluding tert-OH is 2. The van der Waals surface area contributed by atoms with Crippen molar-refractivity contribution >= 4 is 11.6 Å². The van der Waals surface area contributed by atoms with Gasteiger partial charge in [-0.2, -0.15) is 0 Å². The predicted octanol–water partition coefficient (Wildman–Crippen LogP) is 1.02. The number of carbonyl (C=O) groups excluding carboxylic acids is 2. The molecule has 0 aliphatic heterocycles. The van der Waals surface area contributed by atoms with E-state index in [9.17, 15) is 9.59 Å². The fourth-order valence-electron chi connectivity index (χ4n) is 1.56. The van der Waals surface area contributed by atoms with E-state index in [1.165, 1.54) is 24.3 Å². The highest BCUT2D eigenvalue weighted by Crippen LogP contribution is 2.29. The first kappa shape index (κ1) is 14.8. The molecule has 2 rings (SSSR count). The molecule has 2 atom stereocenters. The second-order valence-corrected chi connectivity index (χ2v) is 5.78. The summed E-state index contributed by atoms with van der Waals surface area (Å²) in [5, 5.41) is 18.2. The molecule has 0 aromatic carbocycles. The monoisotopic (exact) mass is 252 g/mol. The summed E-state index contributed by atoms with van der Waals surface area (Å²) in [5.41, 5.74) is -1.17. The number of rotatable bonds is 0. The molecule has 100 valence electrons. The summed E-state index contributed by atoms with van der Waals surface area (Å²) in [6.07, 6.45) is 4.75. The molecule has 4 heteroatoms. The van der Waals surface area contributed by atoms with Crippen molar-refractivity contribution in [2.45, 2.75) is 39.9 Å². The largest absolute Gasteiger partial charge is 0.388 e. The van der Waals surface area contributed by atoms with Crippen molar-refractivity contribution in [3.8, 4) is 0 Å². The van der Waals surface area contributed by atoms with E-state index in [-0.39, 0.29) is 11.6 Å². The number of aliphatic hydroxyl groups is 2. The molecule has 0 saturated carbocycles. The Bertz CT molecular complexity index is 376. The molecule has 0 bridgehead atoms. The van der Waals surface area contributed by atoms with Gasteiger partial charge < -0.3 is 10.2 Å². The van der Waals surface area contributed by atoms with Crippen molar-refractivity contribution in [3.63, 3.8) is 0 Å². The third-order valence-electron chi connectivity index (χ3n) is 3.61. The van der Waals surface area contributed by atoms with Crippen molar-refractivity contribution in [1.29, 1.82) is 0 Å². The van der Waals surface area contributed by atoms with Crippen LogP contribution in [0.15, 0.2) is 24.3 Å². The van der Waals surface area contributed by atoms with E-state index in [1.807, 2.05) is 0 Å². The third-order valence-corrected chi connectivity index (χ3v) is 3.61. The van der Waals surface area contributed by atoms with E-state index in [1.54, 1.807) is 27.7 Å². The highest BCUT2D eigenvalue weighted by atomic mass is 16.3. The maximum atomic E-state index is 10.9. The molecule has 0 fully saturated rings. The van der Waals surface area contributed by atoms with E-state index >= 15 is 0 Å². The number of allylic oxidation sites excluding steroid dienone is 2. The molecule has 0 radical (unpaired) electrons. The smallest absolute Gasteiger partial charge is 0.163 e. The Hall–Kier alpha value is -1.26. The van der Waals surface area contributed by atoms with Gasteiger partial charge in [0.1, 0.15) is 0 Å². The molecule has 0 amide bonds. The van der Waals surface area contributed by atoms with Gasteiger partial charge >= 0.3 is 0 Å². The molecule has 0 spiro atoms. The minimum absolute atomic E-state index is 0.00926. The van der Waals surface area contributed by atoms with Crippen LogP contribution < -0.4 is 0 Å². The summed E-state index contributed by atoms with van der Waals surface area (Å²) in [7, 11) is 0. The Balaban J connectivity index is 0.000000180. The van der Waals surface area contributed by atoms with E-state index < -0.39 is 23.0 Å². The van der Waals surface area contributed by atoms with E-state index in [0.717, 1.165) is 0 Å². The van der Waals surface area contributed by atoms with Crippen LogP contribution in [-0.2, 0) is 9.59 Å². The van der Waals surface area contributed by atoms with Gasteiger partial charge in [0.25, 0.3) is 0 Å². The number of hydrogen-bond acceptors (Lipinski definition) is 4. The number of ketones is 2. The predicted molar refractivity (Wildman–Crippen MR) is 67.9 cm³/mol. The molecular weight excluding hydrogens is 232 g/mol. The highest BCUT2D eigenvalue weighted by Gasteiger charge is 2.37. The van der Waals surface area contributed by atoms with Crippen molar-refractivity contribution in [1.82, 2.24) is 0 Å². The average Bonchev–Trinajstić information content (AvgIpc) is 2.65. The fourth-order valence-corrected chi connectivity index (χ4v) is 1.56. The molecule has 0 unspecified atom stereocenters. The van der Waals surface area contributed by atoms with Crippen LogP contribution in [0.1, 0.15) is 27.7 Å². The van der Waals surface area contributed by atoms with E-state index in [4.69, 9.17) is 10.2 Å². The van der Waals surface area contributed by atoms with Gasteiger partial charge in [-0.05, 0) is 39.8 Å². The van der Waals surface area contributed by atoms with E-state index in [0.29, 0.717) is 0 Å². The Morgan fingerprint density at radius 2 is 1.11 bits per heavy atom. The lowest BCUT2D eigenvalue weighted by molar-refractivity contribution is -0.125. The van der Waals surface area contributed by atoms with Crippen LogP contribution in [-0.4, -0.2) is 34.0 Å². The summed E-state index contributed by atoms with van der Waals surface area (Å²) >= 11 is 0. The van der Waals surface area contributed by atoms with Crippen LogP contribution in [0.3, 0.4) is 0 Å². The Kier molecular flexibility index (Phi) is 3.93. The minimum Gasteiger partial charge on any atom is -0.388 e. The molecule has 0 heterocycles. The van der Waals surface area contributed by atoms with E-state index in [2.05, 4.69) is 0 Å². The maximum absolute atomic E-state index is 10.9. The maximum Gasteiger partial charge on any atom is 0.163 e. The van der Waals surface area contributed by atoms with Gasteiger partial charge in [0.15, 0.2) is 11.6 Å².